The molecule has 0 aliphatic carbocycles. The van der Waals surface area contributed by atoms with Gasteiger partial charge in [0.25, 0.3) is 5.56 Å². The maximum atomic E-state index is 11.8. The summed E-state index contributed by atoms with van der Waals surface area (Å²) >= 11 is 4.36. The summed E-state index contributed by atoms with van der Waals surface area (Å²) in [6, 6.07) is 0. The van der Waals surface area contributed by atoms with Crippen LogP contribution in [0.2, 0.25) is 0 Å². The van der Waals surface area contributed by atoms with Crippen LogP contribution in [0.3, 0.4) is 0 Å². The molecule has 0 aliphatic heterocycles. The molecule has 2 aromatic heterocycles. The maximum Gasteiger partial charge on any atom is 0.277 e. The quantitative estimate of drug-likeness (QED) is 0.629. The summed E-state index contributed by atoms with van der Waals surface area (Å²) in [4.78, 5) is 23.6. The van der Waals surface area contributed by atoms with Crippen molar-refractivity contribution >= 4 is 12.6 Å². The minimum Gasteiger partial charge on any atom is -0.328 e. The van der Waals surface area contributed by atoms with Crippen molar-refractivity contribution in [1.29, 1.82) is 0 Å². The van der Waals surface area contributed by atoms with E-state index in [2.05, 4.69) is 27.6 Å². The highest BCUT2D eigenvalue weighted by Gasteiger charge is 2.11. The monoisotopic (exact) mass is 248 g/mol. The first kappa shape index (κ1) is 11.8. The highest BCUT2D eigenvalue weighted by molar-refractivity contribution is 7.80. The predicted molar refractivity (Wildman–Crippen MR) is 66.3 cm³/mol. The van der Waals surface area contributed by atoms with Crippen molar-refractivity contribution in [3.8, 4) is 0 Å². The lowest BCUT2D eigenvalue weighted by Crippen LogP contribution is -2.21. The summed E-state index contributed by atoms with van der Waals surface area (Å²) in [5.41, 5.74) is 1.19. The van der Waals surface area contributed by atoms with Crippen LogP contribution in [0, 0.1) is 6.92 Å². The van der Waals surface area contributed by atoms with Crippen LogP contribution in [0.25, 0.3) is 0 Å². The Labute approximate surface area is 104 Å². The molecule has 0 aliphatic rings. The second-order valence-corrected chi connectivity index (χ2v) is 4.17. The van der Waals surface area contributed by atoms with Gasteiger partial charge in [-0.3, -0.25) is 4.79 Å². The van der Waals surface area contributed by atoms with Gasteiger partial charge in [-0.05, 0) is 12.5 Å². The average molecular weight is 248 g/mol. The number of thiol groups is 1. The van der Waals surface area contributed by atoms with Crippen molar-refractivity contribution in [3.05, 3.63) is 46.0 Å². The number of aryl methyl sites for hydroxylation is 1. The Morgan fingerprint density at radius 2 is 2.00 bits per heavy atom. The fraction of sp³-hybridized carbons (Fsp3) is 0.273. The van der Waals surface area contributed by atoms with E-state index < -0.39 is 0 Å². The standard InChI is InChI=1S/C11H12N4OS/c1-7-14-10(16)9(11(17)15(7)2)3-8-4-12-6-13-5-8/h4-6,17H,3H2,1-2H3. The molecule has 0 N–H and O–H groups in total. The molecular formula is C11H12N4OS. The van der Waals surface area contributed by atoms with E-state index in [-0.39, 0.29) is 5.56 Å². The van der Waals surface area contributed by atoms with Crippen molar-refractivity contribution in [2.24, 2.45) is 7.05 Å². The second kappa shape index (κ2) is 4.67. The van der Waals surface area contributed by atoms with Crippen LogP contribution in [0.5, 0.6) is 0 Å². The van der Waals surface area contributed by atoms with E-state index in [1.807, 2.05) is 7.05 Å². The van der Waals surface area contributed by atoms with Crippen molar-refractivity contribution in [3.63, 3.8) is 0 Å². The number of hydrogen-bond acceptors (Lipinski definition) is 5. The molecule has 0 saturated heterocycles. The zero-order valence-electron chi connectivity index (χ0n) is 9.58. The van der Waals surface area contributed by atoms with Crippen LogP contribution in [0.1, 0.15) is 17.0 Å². The highest BCUT2D eigenvalue weighted by Crippen LogP contribution is 2.13. The first-order valence-electron chi connectivity index (χ1n) is 5.09. The van der Waals surface area contributed by atoms with Gasteiger partial charge in [0, 0.05) is 25.9 Å². The van der Waals surface area contributed by atoms with Crippen LogP contribution in [-0.4, -0.2) is 19.5 Å². The molecule has 0 amide bonds. The molecule has 6 heteroatoms. The molecule has 0 saturated carbocycles. The van der Waals surface area contributed by atoms with Crippen LogP contribution in [0.15, 0.2) is 28.5 Å². The SMILES string of the molecule is Cc1nc(=O)c(Cc2cncnc2)c(S)n1C. The number of rotatable bonds is 2. The summed E-state index contributed by atoms with van der Waals surface area (Å²) < 4.78 is 1.78. The molecule has 0 atom stereocenters. The van der Waals surface area contributed by atoms with Crippen LogP contribution >= 0.6 is 12.6 Å². The Hall–Kier alpha value is -1.69. The summed E-state index contributed by atoms with van der Waals surface area (Å²) in [5.74, 6) is 0.646. The van der Waals surface area contributed by atoms with Crippen LogP contribution < -0.4 is 5.56 Å². The molecule has 0 spiro atoms. The zero-order chi connectivity index (χ0) is 12.4. The first-order chi connectivity index (χ1) is 8.09. The topological polar surface area (TPSA) is 60.7 Å². The second-order valence-electron chi connectivity index (χ2n) is 3.75. The smallest absolute Gasteiger partial charge is 0.277 e. The van der Waals surface area contributed by atoms with E-state index in [4.69, 9.17) is 0 Å². The molecule has 2 heterocycles. The number of hydrogen-bond donors (Lipinski definition) is 1. The minimum absolute atomic E-state index is 0.241. The molecule has 5 nitrogen and oxygen atoms in total. The Morgan fingerprint density at radius 1 is 1.35 bits per heavy atom. The van der Waals surface area contributed by atoms with Gasteiger partial charge in [-0.25, -0.2) is 9.97 Å². The van der Waals surface area contributed by atoms with Crippen molar-refractivity contribution in [1.82, 2.24) is 19.5 Å². The Kier molecular flexibility index (Phi) is 3.23. The summed E-state index contributed by atoms with van der Waals surface area (Å²) in [6.45, 7) is 1.77. The van der Waals surface area contributed by atoms with Crippen LogP contribution in [-0.2, 0) is 13.5 Å². The summed E-state index contributed by atoms with van der Waals surface area (Å²) in [6.07, 6.45) is 5.26. The molecular weight excluding hydrogens is 236 g/mol. The largest absolute Gasteiger partial charge is 0.328 e. The van der Waals surface area contributed by atoms with Gasteiger partial charge in [0.15, 0.2) is 0 Å². The summed E-state index contributed by atoms with van der Waals surface area (Å²) in [7, 11) is 1.83. The molecule has 0 bridgehead atoms. The number of aromatic nitrogens is 4. The third kappa shape index (κ3) is 2.36. The van der Waals surface area contributed by atoms with Gasteiger partial charge in [-0.1, -0.05) is 0 Å². The van der Waals surface area contributed by atoms with Crippen LogP contribution in [0.4, 0.5) is 0 Å². The van der Waals surface area contributed by atoms with E-state index in [1.165, 1.54) is 6.33 Å². The van der Waals surface area contributed by atoms with Gasteiger partial charge in [0.1, 0.15) is 12.2 Å². The third-order valence-electron chi connectivity index (χ3n) is 2.59. The van der Waals surface area contributed by atoms with Gasteiger partial charge in [-0.15, -0.1) is 12.6 Å². The normalized spacial score (nSPS) is 10.5. The molecule has 2 aromatic rings. The Morgan fingerprint density at radius 3 is 2.65 bits per heavy atom. The third-order valence-corrected chi connectivity index (χ3v) is 3.16. The minimum atomic E-state index is -0.241. The Bertz CT molecular complexity index is 594. The summed E-state index contributed by atoms with van der Waals surface area (Å²) in [5, 5.41) is 0.631. The van der Waals surface area contributed by atoms with Crippen molar-refractivity contribution in [2.45, 2.75) is 18.4 Å². The Balaban J connectivity index is 2.47. The first-order valence-corrected chi connectivity index (χ1v) is 5.53. The van der Waals surface area contributed by atoms with E-state index in [0.29, 0.717) is 22.8 Å². The molecule has 88 valence electrons. The van der Waals surface area contributed by atoms with Crippen molar-refractivity contribution in [2.75, 3.05) is 0 Å². The van der Waals surface area contributed by atoms with Gasteiger partial charge in [0.05, 0.1) is 10.6 Å². The molecule has 0 aromatic carbocycles. The van der Waals surface area contributed by atoms with E-state index >= 15 is 0 Å². The van der Waals surface area contributed by atoms with Gasteiger partial charge in [0.2, 0.25) is 0 Å². The average Bonchev–Trinajstić information content (AvgIpc) is 2.33. The fourth-order valence-electron chi connectivity index (χ4n) is 1.52. The lowest BCUT2D eigenvalue weighted by molar-refractivity contribution is 0.698. The maximum absolute atomic E-state index is 11.8. The lowest BCUT2D eigenvalue weighted by Gasteiger charge is -2.10. The van der Waals surface area contributed by atoms with E-state index in [9.17, 15) is 4.79 Å². The fourth-order valence-corrected chi connectivity index (χ4v) is 1.84. The molecule has 0 radical (unpaired) electrons. The molecule has 0 fully saturated rings. The van der Waals surface area contributed by atoms with E-state index in [0.717, 1.165) is 5.56 Å². The van der Waals surface area contributed by atoms with Gasteiger partial charge < -0.3 is 4.57 Å². The lowest BCUT2D eigenvalue weighted by atomic mass is 10.1. The van der Waals surface area contributed by atoms with Gasteiger partial charge in [-0.2, -0.15) is 4.98 Å². The highest BCUT2D eigenvalue weighted by atomic mass is 32.1. The predicted octanol–water partition coefficient (Wildman–Crippen LogP) is 0.758. The molecule has 17 heavy (non-hydrogen) atoms. The number of nitrogens with zero attached hydrogens (tertiary/aromatic N) is 4. The zero-order valence-corrected chi connectivity index (χ0v) is 10.5. The van der Waals surface area contributed by atoms with E-state index in [1.54, 1.807) is 23.9 Å². The molecule has 2 rings (SSSR count). The van der Waals surface area contributed by atoms with Crippen molar-refractivity contribution < 1.29 is 0 Å². The molecule has 0 unspecified atom stereocenters. The van der Waals surface area contributed by atoms with Gasteiger partial charge >= 0.3 is 0 Å².